The van der Waals surface area contributed by atoms with Crippen molar-refractivity contribution >= 4 is 39.1 Å². The van der Waals surface area contributed by atoms with Gasteiger partial charge in [0.25, 0.3) is 5.91 Å². The first-order valence-electron chi connectivity index (χ1n) is 9.40. The molecule has 148 valence electrons. The summed E-state index contributed by atoms with van der Waals surface area (Å²) in [5, 5.41) is 0.675. The van der Waals surface area contributed by atoms with Crippen molar-refractivity contribution in [2.24, 2.45) is 4.99 Å². The van der Waals surface area contributed by atoms with E-state index >= 15 is 0 Å². The standard InChI is InChI=1S/C22H25ClN2O2S/c1-5-27-9-8-25-19-7-6-17(23)12-20(19)28-22(25)24-21(26)13-18-15(3)10-14(2)11-16(18)4/h6-7,10-12H,5,8-9,13H2,1-4H3. The van der Waals surface area contributed by atoms with Crippen LogP contribution in [0, 0.1) is 20.8 Å². The summed E-state index contributed by atoms with van der Waals surface area (Å²) in [5.74, 6) is -0.141. The molecule has 1 heterocycles. The van der Waals surface area contributed by atoms with Gasteiger partial charge in [-0.3, -0.25) is 4.79 Å². The number of fused-ring (bicyclic) bond motifs is 1. The van der Waals surface area contributed by atoms with Crippen molar-refractivity contribution in [2.45, 2.75) is 40.7 Å². The van der Waals surface area contributed by atoms with E-state index in [1.165, 1.54) is 16.9 Å². The fraction of sp³-hybridized carbons (Fsp3) is 0.364. The van der Waals surface area contributed by atoms with Crippen molar-refractivity contribution in [2.75, 3.05) is 13.2 Å². The molecule has 0 atom stereocenters. The van der Waals surface area contributed by atoms with Crippen molar-refractivity contribution in [3.05, 3.63) is 62.4 Å². The van der Waals surface area contributed by atoms with E-state index in [9.17, 15) is 4.79 Å². The van der Waals surface area contributed by atoms with Gasteiger partial charge in [-0.2, -0.15) is 4.99 Å². The first-order chi connectivity index (χ1) is 13.4. The van der Waals surface area contributed by atoms with Crippen molar-refractivity contribution < 1.29 is 9.53 Å². The van der Waals surface area contributed by atoms with Crippen molar-refractivity contribution in [3.63, 3.8) is 0 Å². The van der Waals surface area contributed by atoms with Crippen molar-refractivity contribution in [1.82, 2.24) is 4.57 Å². The number of nitrogens with zero attached hydrogens (tertiary/aromatic N) is 2. The summed E-state index contributed by atoms with van der Waals surface area (Å²) in [6.45, 7) is 10.0. The van der Waals surface area contributed by atoms with Crippen LogP contribution in [0.2, 0.25) is 5.02 Å². The van der Waals surface area contributed by atoms with Crippen LogP contribution in [0.3, 0.4) is 0 Å². The predicted octanol–water partition coefficient (Wildman–Crippen LogP) is 4.99. The van der Waals surface area contributed by atoms with Crippen LogP contribution < -0.4 is 4.80 Å². The fourth-order valence-electron chi connectivity index (χ4n) is 3.43. The summed E-state index contributed by atoms with van der Waals surface area (Å²) in [7, 11) is 0. The monoisotopic (exact) mass is 416 g/mol. The number of hydrogen-bond acceptors (Lipinski definition) is 3. The minimum absolute atomic E-state index is 0.141. The Morgan fingerprint density at radius 3 is 2.57 bits per heavy atom. The molecule has 4 nitrogen and oxygen atoms in total. The second kappa shape index (κ2) is 9.03. The van der Waals surface area contributed by atoms with Gasteiger partial charge in [0.2, 0.25) is 0 Å². The average Bonchev–Trinajstić information content (AvgIpc) is 2.94. The number of aromatic nitrogens is 1. The summed E-state index contributed by atoms with van der Waals surface area (Å²) >= 11 is 7.62. The third-order valence-corrected chi connectivity index (χ3v) is 5.97. The predicted molar refractivity (Wildman–Crippen MR) is 116 cm³/mol. The Hall–Kier alpha value is -1.95. The van der Waals surface area contributed by atoms with Crippen LogP contribution in [0.15, 0.2) is 35.3 Å². The zero-order valence-electron chi connectivity index (χ0n) is 16.7. The molecular formula is C22H25ClN2O2S. The lowest BCUT2D eigenvalue weighted by molar-refractivity contribution is -0.117. The number of carbonyl (C=O) groups is 1. The Labute approximate surface area is 174 Å². The van der Waals surface area contributed by atoms with Gasteiger partial charge in [-0.1, -0.05) is 40.6 Å². The molecular weight excluding hydrogens is 392 g/mol. The van der Waals surface area contributed by atoms with Crippen LogP contribution in [-0.2, 0) is 22.5 Å². The van der Waals surface area contributed by atoms with E-state index < -0.39 is 0 Å². The summed E-state index contributed by atoms with van der Waals surface area (Å²) < 4.78 is 8.56. The second-order valence-electron chi connectivity index (χ2n) is 6.90. The van der Waals surface area contributed by atoms with Gasteiger partial charge in [0, 0.05) is 18.2 Å². The fourth-order valence-corrected chi connectivity index (χ4v) is 4.78. The van der Waals surface area contributed by atoms with Gasteiger partial charge in [0.1, 0.15) is 0 Å². The van der Waals surface area contributed by atoms with Gasteiger partial charge in [0.05, 0.1) is 23.2 Å². The zero-order valence-corrected chi connectivity index (χ0v) is 18.3. The Kier molecular flexibility index (Phi) is 6.70. The molecule has 3 rings (SSSR count). The molecule has 0 bridgehead atoms. The van der Waals surface area contributed by atoms with Gasteiger partial charge >= 0.3 is 0 Å². The van der Waals surface area contributed by atoms with Crippen LogP contribution in [0.25, 0.3) is 10.2 Å². The number of ether oxygens (including phenoxy) is 1. The molecule has 0 N–H and O–H groups in total. The van der Waals surface area contributed by atoms with Gasteiger partial charge in [-0.05, 0) is 62.6 Å². The SMILES string of the molecule is CCOCCn1c(=NC(=O)Cc2c(C)cc(C)cc2C)sc2cc(Cl)ccc21. The van der Waals surface area contributed by atoms with Gasteiger partial charge in [-0.25, -0.2) is 0 Å². The highest BCUT2D eigenvalue weighted by Gasteiger charge is 2.12. The second-order valence-corrected chi connectivity index (χ2v) is 8.35. The van der Waals surface area contributed by atoms with Crippen LogP contribution in [0.5, 0.6) is 0 Å². The summed E-state index contributed by atoms with van der Waals surface area (Å²) in [6.07, 6.45) is 0.304. The van der Waals surface area contributed by atoms with Crippen molar-refractivity contribution in [1.29, 1.82) is 0 Å². The highest BCUT2D eigenvalue weighted by molar-refractivity contribution is 7.16. The topological polar surface area (TPSA) is 43.6 Å². The molecule has 6 heteroatoms. The van der Waals surface area contributed by atoms with E-state index in [-0.39, 0.29) is 5.91 Å². The number of thiazole rings is 1. The number of carbonyl (C=O) groups excluding carboxylic acids is 1. The summed E-state index contributed by atoms with van der Waals surface area (Å²) in [4.78, 5) is 17.9. The highest BCUT2D eigenvalue weighted by Crippen LogP contribution is 2.22. The number of benzene rings is 2. The minimum Gasteiger partial charge on any atom is -0.380 e. The highest BCUT2D eigenvalue weighted by atomic mass is 35.5. The molecule has 1 amide bonds. The van der Waals surface area contributed by atoms with E-state index in [2.05, 4.69) is 24.0 Å². The third kappa shape index (κ3) is 4.72. The van der Waals surface area contributed by atoms with Crippen LogP contribution in [0.1, 0.15) is 29.2 Å². The van der Waals surface area contributed by atoms with E-state index in [0.29, 0.717) is 36.0 Å². The lowest BCUT2D eigenvalue weighted by Crippen LogP contribution is -2.20. The molecule has 0 aliphatic heterocycles. The molecule has 0 saturated heterocycles. The Bertz CT molecular complexity index is 1060. The maximum atomic E-state index is 12.8. The van der Waals surface area contributed by atoms with Crippen LogP contribution in [-0.4, -0.2) is 23.7 Å². The van der Waals surface area contributed by atoms with E-state index in [1.807, 2.05) is 43.5 Å². The molecule has 0 unspecified atom stereocenters. The van der Waals surface area contributed by atoms with Gasteiger partial charge in [-0.15, -0.1) is 0 Å². The average molecular weight is 417 g/mol. The lowest BCUT2D eigenvalue weighted by atomic mass is 9.97. The molecule has 1 aromatic heterocycles. The Morgan fingerprint density at radius 1 is 1.18 bits per heavy atom. The Balaban J connectivity index is 1.98. The molecule has 0 aliphatic carbocycles. The minimum atomic E-state index is -0.141. The molecule has 0 spiro atoms. The zero-order chi connectivity index (χ0) is 20.3. The first kappa shape index (κ1) is 20.8. The molecule has 3 aromatic rings. The van der Waals surface area contributed by atoms with E-state index in [0.717, 1.165) is 26.9 Å². The van der Waals surface area contributed by atoms with Gasteiger partial charge < -0.3 is 9.30 Å². The quantitative estimate of drug-likeness (QED) is 0.531. The maximum Gasteiger partial charge on any atom is 0.252 e. The molecule has 0 saturated carbocycles. The van der Waals surface area contributed by atoms with Crippen LogP contribution >= 0.6 is 22.9 Å². The lowest BCUT2D eigenvalue weighted by Gasteiger charge is -2.09. The largest absolute Gasteiger partial charge is 0.380 e. The number of amides is 1. The molecule has 0 radical (unpaired) electrons. The van der Waals surface area contributed by atoms with E-state index in [4.69, 9.17) is 16.3 Å². The third-order valence-electron chi connectivity index (χ3n) is 4.70. The number of rotatable bonds is 6. The van der Waals surface area contributed by atoms with Crippen LogP contribution in [0.4, 0.5) is 0 Å². The van der Waals surface area contributed by atoms with Crippen molar-refractivity contribution in [3.8, 4) is 0 Å². The number of hydrogen-bond donors (Lipinski definition) is 0. The summed E-state index contributed by atoms with van der Waals surface area (Å²) in [6, 6.07) is 9.96. The molecule has 28 heavy (non-hydrogen) atoms. The van der Waals surface area contributed by atoms with Gasteiger partial charge in [0.15, 0.2) is 4.80 Å². The van der Waals surface area contributed by atoms with E-state index in [1.54, 1.807) is 0 Å². The Morgan fingerprint density at radius 2 is 1.89 bits per heavy atom. The smallest absolute Gasteiger partial charge is 0.252 e. The maximum absolute atomic E-state index is 12.8. The number of aryl methyl sites for hydroxylation is 3. The normalized spacial score (nSPS) is 12.1. The number of halogens is 1. The molecule has 2 aromatic carbocycles. The first-order valence-corrected chi connectivity index (χ1v) is 10.6. The summed E-state index contributed by atoms with van der Waals surface area (Å²) in [5.41, 5.74) is 5.55. The molecule has 0 fully saturated rings. The molecule has 0 aliphatic rings.